The summed E-state index contributed by atoms with van der Waals surface area (Å²) >= 11 is 2.89. The molecule has 1 aliphatic rings. The molecule has 2 amide bonds. The Bertz CT molecular complexity index is 971. The second-order valence-corrected chi connectivity index (χ2v) is 8.60. The van der Waals surface area contributed by atoms with Crippen molar-refractivity contribution in [3.63, 3.8) is 0 Å². The van der Waals surface area contributed by atoms with Crippen molar-refractivity contribution in [1.82, 2.24) is 15.3 Å². The Morgan fingerprint density at radius 3 is 2.71 bits per heavy atom. The van der Waals surface area contributed by atoms with Crippen LogP contribution in [0.15, 0.2) is 33.6 Å². The normalized spacial score (nSPS) is 15.5. The van der Waals surface area contributed by atoms with E-state index < -0.39 is 0 Å². The topological polar surface area (TPSA) is 97.1 Å². The summed E-state index contributed by atoms with van der Waals surface area (Å²) in [5.74, 6) is -0.222. The minimum absolute atomic E-state index is 0.0797. The van der Waals surface area contributed by atoms with Crippen molar-refractivity contribution in [1.29, 1.82) is 0 Å². The van der Waals surface area contributed by atoms with Crippen LogP contribution in [0.25, 0.3) is 0 Å². The van der Waals surface area contributed by atoms with Crippen molar-refractivity contribution in [3.05, 3.63) is 51.3 Å². The Morgan fingerprint density at radius 1 is 1.21 bits per heavy atom. The number of hydrogen-bond acceptors (Lipinski definition) is 7. The second-order valence-electron chi connectivity index (χ2n) is 6.88. The minimum atomic E-state index is -0.362. The van der Waals surface area contributed by atoms with Crippen molar-refractivity contribution in [2.45, 2.75) is 44.6 Å². The lowest BCUT2D eigenvalue weighted by Crippen LogP contribution is -2.44. The van der Waals surface area contributed by atoms with Crippen molar-refractivity contribution < 1.29 is 14.0 Å². The molecule has 0 unspecified atom stereocenters. The van der Waals surface area contributed by atoms with Crippen LogP contribution in [0.4, 0.5) is 5.13 Å². The second kappa shape index (κ2) is 7.84. The highest BCUT2D eigenvalue weighted by molar-refractivity contribution is 7.14. The Morgan fingerprint density at radius 2 is 2.04 bits per heavy atom. The lowest BCUT2D eigenvalue weighted by Gasteiger charge is -2.28. The first-order valence-electron chi connectivity index (χ1n) is 9.07. The van der Waals surface area contributed by atoms with Gasteiger partial charge in [0.25, 0.3) is 5.91 Å². The average molecular weight is 417 g/mol. The molecule has 1 fully saturated rings. The molecule has 0 aromatic carbocycles. The molecule has 2 N–H and O–H groups in total. The van der Waals surface area contributed by atoms with Crippen molar-refractivity contribution in [2.24, 2.45) is 0 Å². The molecule has 1 aliphatic carbocycles. The number of thiazole rings is 2. The third kappa shape index (κ3) is 4.00. The molecule has 3 aromatic rings. The van der Waals surface area contributed by atoms with Gasteiger partial charge in [-0.05, 0) is 31.9 Å². The molecule has 3 aromatic heterocycles. The number of hydrogen-bond donors (Lipinski definition) is 2. The molecule has 0 spiro atoms. The summed E-state index contributed by atoms with van der Waals surface area (Å²) in [6.45, 7) is 1.97. The quantitative estimate of drug-likeness (QED) is 0.636. The molecule has 1 saturated carbocycles. The van der Waals surface area contributed by atoms with Crippen LogP contribution in [0.1, 0.15) is 52.6 Å². The molecule has 0 atom stereocenters. The fourth-order valence-electron chi connectivity index (χ4n) is 3.43. The van der Waals surface area contributed by atoms with Crippen LogP contribution in [0.3, 0.4) is 0 Å². The van der Waals surface area contributed by atoms with E-state index in [1.807, 2.05) is 12.3 Å². The van der Waals surface area contributed by atoms with E-state index in [1.165, 1.54) is 17.6 Å². The van der Waals surface area contributed by atoms with Crippen molar-refractivity contribution >= 4 is 39.6 Å². The summed E-state index contributed by atoms with van der Waals surface area (Å²) < 4.78 is 5.06. The molecule has 7 nitrogen and oxygen atoms in total. The predicted molar refractivity (Wildman–Crippen MR) is 108 cm³/mol. The summed E-state index contributed by atoms with van der Waals surface area (Å²) in [6.07, 6.45) is 5.59. The first kappa shape index (κ1) is 18.8. The van der Waals surface area contributed by atoms with Crippen LogP contribution in [0.5, 0.6) is 0 Å². The molecule has 0 bridgehead atoms. The Balaban J connectivity index is 1.40. The van der Waals surface area contributed by atoms with Gasteiger partial charge in [0, 0.05) is 16.5 Å². The maximum Gasteiger partial charge on any atom is 0.293 e. The molecule has 3 heterocycles. The Hall–Kier alpha value is -2.52. The van der Waals surface area contributed by atoms with Gasteiger partial charge < -0.3 is 9.73 Å². The van der Waals surface area contributed by atoms with Crippen LogP contribution in [-0.4, -0.2) is 21.8 Å². The Labute approximate surface area is 170 Å². The highest BCUT2D eigenvalue weighted by atomic mass is 32.1. The van der Waals surface area contributed by atoms with Crippen LogP contribution in [-0.2, 0) is 16.8 Å². The first-order chi connectivity index (χ1) is 13.5. The molecule has 146 valence electrons. The van der Waals surface area contributed by atoms with Gasteiger partial charge in [0.1, 0.15) is 5.01 Å². The summed E-state index contributed by atoms with van der Waals surface area (Å²) in [7, 11) is 0. The van der Waals surface area contributed by atoms with E-state index >= 15 is 0 Å². The highest BCUT2D eigenvalue weighted by Crippen LogP contribution is 2.40. The lowest BCUT2D eigenvalue weighted by molar-refractivity contribution is -0.122. The van der Waals surface area contributed by atoms with E-state index in [9.17, 15) is 9.59 Å². The molecular weight excluding hydrogens is 396 g/mol. The molecule has 4 rings (SSSR count). The van der Waals surface area contributed by atoms with E-state index in [-0.39, 0.29) is 29.5 Å². The molecule has 0 saturated heterocycles. The molecule has 0 radical (unpaired) electrons. The smallest absolute Gasteiger partial charge is 0.293 e. The fourth-order valence-corrected chi connectivity index (χ4v) is 5.15. The zero-order valence-electron chi connectivity index (χ0n) is 15.4. The van der Waals surface area contributed by atoms with E-state index in [2.05, 4.69) is 20.6 Å². The molecule has 9 heteroatoms. The van der Waals surface area contributed by atoms with Gasteiger partial charge in [-0.3, -0.25) is 14.9 Å². The number of nitrogens with zero attached hydrogens (tertiary/aromatic N) is 2. The number of rotatable bonds is 6. The van der Waals surface area contributed by atoms with Gasteiger partial charge in [-0.25, -0.2) is 9.97 Å². The van der Waals surface area contributed by atoms with Gasteiger partial charge in [-0.15, -0.1) is 22.7 Å². The largest absolute Gasteiger partial charge is 0.459 e. The van der Waals surface area contributed by atoms with Crippen LogP contribution in [0, 0.1) is 6.92 Å². The fraction of sp³-hybridized carbons (Fsp3) is 0.368. The number of aromatic nitrogens is 2. The van der Waals surface area contributed by atoms with Crippen molar-refractivity contribution in [3.8, 4) is 0 Å². The lowest BCUT2D eigenvalue weighted by atomic mass is 9.98. The molecule has 0 aliphatic heterocycles. The van der Waals surface area contributed by atoms with Gasteiger partial charge >= 0.3 is 0 Å². The molecule has 28 heavy (non-hydrogen) atoms. The van der Waals surface area contributed by atoms with E-state index in [0.717, 1.165) is 36.4 Å². The van der Waals surface area contributed by atoms with E-state index in [4.69, 9.17) is 4.42 Å². The van der Waals surface area contributed by atoms with Gasteiger partial charge in [-0.1, -0.05) is 12.8 Å². The van der Waals surface area contributed by atoms with Crippen LogP contribution in [0.2, 0.25) is 0 Å². The number of aryl methyl sites for hydroxylation is 1. The van der Waals surface area contributed by atoms with Gasteiger partial charge in [-0.2, -0.15) is 0 Å². The summed E-state index contributed by atoms with van der Waals surface area (Å²) in [5.41, 5.74) is 1.25. The number of nitrogens with one attached hydrogen (secondary N) is 2. The third-order valence-corrected chi connectivity index (χ3v) is 6.69. The number of amides is 2. The average Bonchev–Trinajstić information content (AvgIpc) is 3.42. The summed E-state index contributed by atoms with van der Waals surface area (Å²) in [4.78, 5) is 33.7. The minimum Gasteiger partial charge on any atom is -0.459 e. The summed E-state index contributed by atoms with van der Waals surface area (Å²) in [5, 5.41) is 11.1. The number of furan rings is 1. The Kier molecular flexibility index (Phi) is 5.27. The summed E-state index contributed by atoms with van der Waals surface area (Å²) in [6, 6.07) is 3.23. The van der Waals surface area contributed by atoms with E-state index in [0.29, 0.717) is 10.8 Å². The van der Waals surface area contributed by atoms with Gasteiger partial charge in [0.2, 0.25) is 5.91 Å². The van der Waals surface area contributed by atoms with Crippen LogP contribution >= 0.6 is 22.7 Å². The standard InChI is InChI=1S/C19H20N4O3S2/c1-12-10-27-17(20-12)19(6-2-3-7-19)23-15(24)9-13-11-28-18(21-13)22-16(25)14-5-4-8-26-14/h4-5,8,10-11H,2-3,6-7,9H2,1H3,(H,23,24)(H,21,22,25). The zero-order valence-corrected chi connectivity index (χ0v) is 17.0. The zero-order chi connectivity index (χ0) is 19.6. The monoisotopic (exact) mass is 416 g/mol. The van der Waals surface area contributed by atoms with Gasteiger partial charge in [0.05, 0.1) is 23.9 Å². The number of anilines is 1. The van der Waals surface area contributed by atoms with Gasteiger partial charge in [0.15, 0.2) is 10.9 Å². The maximum atomic E-state index is 12.7. The van der Waals surface area contributed by atoms with Crippen LogP contribution < -0.4 is 10.6 Å². The first-order valence-corrected chi connectivity index (χ1v) is 10.8. The molecular formula is C19H20N4O3S2. The number of carbonyl (C=O) groups excluding carboxylic acids is 2. The predicted octanol–water partition coefficient (Wildman–Crippen LogP) is 3.88. The third-order valence-electron chi connectivity index (χ3n) is 4.72. The maximum absolute atomic E-state index is 12.7. The van der Waals surface area contributed by atoms with E-state index in [1.54, 1.807) is 28.8 Å². The SMILES string of the molecule is Cc1csc(C2(NC(=O)Cc3csc(NC(=O)c4ccco4)n3)CCCC2)n1. The number of carbonyl (C=O) groups is 2. The highest BCUT2D eigenvalue weighted by Gasteiger charge is 2.39. The van der Waals surface area contributed by atoms with Crippen molar-refractivity contribution in [2.75, 3.05) is 5.32 Å².